The SMILES string of the molecule is Brc1cnc(N(Cc2ccco2)C2CC2)nc1. The number of hydrogen-bond acceptors (Lipinski definition) is 4. The monoisotopic (exact) mass is 293 g/mol. The maximum absolute atomic E-state index is 5.38. The molecule has 1 aliphatic carbocycles. The van der Waals surface area contributed by atoms with E-state index in [0.29, 0.717) is 6.04 Å². The maximum Gasteiger partial charge on any atom is 0.225 e. The van der Waals surface area contributed by atoms with Crippen LogP contribution in [0.1, 0.15) is 18.6 Å². The van der Waals surface area contributed by atoms with Crippen molar-refractivity contribution in [2.45, 2.75) is 25.4 Å². The number of aromatic nitrogens is 2. The second kappa shape index (κ2) is 4.49. The first-order valence-electron chi connectivity index (χ1n) is 5.59. The lowest BCUT2D eigenvalue weighted by atomic mass is 10.4. The van der Waals surface area contributed by atoms with Gasteiger partial charge in [0.25, 0.3) is 0 Å². The lowest BCUT2D eigenvalue weighted by molar-refractivity contribution is 0.499. The van der Waals surface area contributed by atoms with Crippen LogP contribution in [0.25, 0.3) is 0 Å². The molecule has 1 aliphatic rings. The first-order chi connectivity index (χ1) is 8.33. The summed E-state index contributed by atoms with van der Waals surface area (Å²) in [5, 5.41) is 0. The Bertz CT molecular complexity index is 479. The van der Waals surface area contributed by atoms with Gasteiger partial charge in [0.15, 0.2) is 0 Å². The van der Waals surface area contributed by atoms with Crippen LogP contribution in [-0.4, -0.2) is 16.0 Å². The van der Waals surface area contributed by atoms with Crippen molar-refractivity contribution < 1.29 is 4.42 Å². The molecule has 3 rings (SSSR count). The van der Waals surface area contributed by atoms with Crippen LogP contribution in [0.2, 0.25) is 0 Å². The third-order valence-corrected chi connectivity index (χ3v) is 3.17. The number of halogens is 1. The van der Waals surface area contributed by atoms with Crippen molar-refractivity contribution in [3.63, 3.8) is 0 Å². The molecule has 0 bridgehead atoms. The largest absolute Gasteiger partial charge is 0.467 e. The standard InChI is InChI=1S/C12H12BrN3O/c13-9-6-14-12(15-7-9)16(10-3-4-10)8-11-2-1-5-17-11/h1-2,5-7,10H,3-4,8H2. The molecule has 0 unspecified atom stereocenters. The van der Waals surface area contributed by atoms with Gasteiger partial charge in [0.05, 0.1) is 17.3 Å². The van der Waals surface area contributed by atoms with E-state index >= 15 is 0 Å². The summed E-state index contributed by atoms with van der Waals surface area (Å²) in [5.41, 5.74) is 0. The zero-order valence-electron chi connectivity index (χ0n) is 9.21. The molecule has 0 amide bonds. The molecule has 0 atom stereocenters. The second-order valence-corrected chi connectivity index (χ2v) is 5.06. The van der Waals surface area contributed by atoms with Crippen molar-refractivity contribution in [1.29, 1.82) is 0 Å². The fraction of sp³-hybridized carbons (Fsp3) is 0.333. The zero-order valence-corrected chi connectivity index (χ0v) is 10.8. The predicted molar refractivity (Wildman–Crippen MR) is 67.6 cm³/mol. The zero-order chi connectivity index (χ0) is 11.7. The molecule has 17 heavy (non-hydrogen) atoms. The Hall–Kier alpha value is -1.36. The van der Waals surface area contributed by atoms with Gasteiger partial charge in [-0.1, -0.05) is 0 Å². The summed E-state index contributed by atoms with van der Waals surface area (Å²) >= 11 is 3.35. The van der Waals surface area contributed by atoms with E-state index in [2.05, 4.69) is 30.8 Å². The van der Waals surface area contributed by atoms with E-state index in [0.717, 1.165) is 22.7 Å². The molecule has 1 fully saturated rings. The molecule has 2 aromatic heterocycles. The molecule has 0 N–H and O–H groups in total. The van der Waals surface area contributed by atoms with E-state index in [-0.39, 0.29) is 0 Å². The molecular weight excluding hydrogens is 282 g/mol. The minimum absolute atomic E-state index is 0.557. The Morgan fingerprint density at radius 2 is 2.12 bits per heavy atom. The number of hydrogen-bond donors (Lipinski definition) is 0. The Kier molecular flexibility index (Phi) is 2.84. The molecule has 0 aliphatic heterocycles. The van der Waals surface area contributed by atoms with Gasteiger partial charge >= 0.3 is 0 Å². The molecular formula is C12H12BrN3O. The topological polar surface area (TPSA) is 42.2 Å². The smallest absolute Gasteiger partial charge is 0.225 e. The minimum Gasteiger partial charge on any atom is -0.467 e. The lowest BCUT2D eigenvalue weighted by Gasteiger charge is -2.20. The summed E-state index contributed by atoms with van der Waals surface area (Å²) in [6, 6.07) is 4.44. The lowest BCUT2D eigenvalue weighted by Crippen LogP contribution is -2.26. The van der Waals surface area contributed by atoms with Crippen LogP contribution in [0.5, 0.6) is 0 Å². The van der Waals surface area contributed by atoms with E-state index in [1.54, 1.807) is 18.7 Å². The van der Waals surface area contributed by atoms with Crippen molar-refractivity contribution in [3.8, 4) is 0 Å². The number of furan rings is 1. The Labute approximate surface area is 108 Å². The molecule has 2 heterocycles. The van der Waals surface area contributed by atoms with Crippen LogP contribution < -0.4 is 4.90 Å². The fourth-order valence-corrected chi connectivity index (χ4v) is 1.98. The van der Waals surface area contributed by atoms with Gasteiger partial charge in [0.1, 0.15) is 5.76 Å². The Morgan fingerprint density at radius 3 is 2.71 bits per heavy atom. The highest BCUT2D eigenvalue weighted by atomic mass is 79.9. The van der Waals surface area contributed by atoms with E-state index in [9.17, 15) is 0 Å². The fourth-order valence-electron chi connectivity index (χ4n) is 1.77. The van der Waals surface area contributed by atoms with Crippen molar-refractivity contribution in [2.24, 2.45) is 0 Å². The summed E-state index contributed by atoms with van der Waals surface area (Å²) < 4.78 is 6.28. The molecule has 5 heteroatoms. The molecule has 4 nitrogen and oxygen atoms in total. The van der Waals surface area contributed by atoms with Gasteiger partial charge in [-0.3, -0.25) is 0 Å². The van der Waals surface area contributed by atoms with Crippen LogP contribution in [-0.2, 0) is 6.54 Å². The van der Waals surface area contributed by atoms with Crippen LogP contribution in [0, 0.1) is 0 Å². The number of nitrogens with zero attached hydrogens (tertiary/aromatic N) is 3. The molecule has 0 spiro atoms. The van der Waals surface area contributed by atoms with Crippen LogP contribution in [0.3, 0.4) is 0 Å². The van der Waals surface area contributed by atoms with Crippen LogP contribution in [0.4, 0.5) is 5.95 Å². The average molecular weight is 294 g/mol. The highest BCUT2D eigenvalue weighted by Gasteiger charge is 2.31. The first kappa shape index (κ1) is 10.8. The minimum atomic E-state index is 0.557. The van der Waals surface area contributed by atoms with Gasteiger partial charge in [-0.2, -0.15) is 0 Å². The van der Waals surface area contributed by atoms with Gasteiger partial charge in [-0.05, 0) is 40.9 Å². The van der Waals surface area contributed by atoms with E-state index in [1.165, 1.54) is 12.8 Å². The van der Waals surface area contributed by atoms with Gasteiger partial charge in [-0.25, -0.2) is 9.97 Å². The van der Waals surface area contributed by atoms with Gasteiger partial charge in [-0.15, -0.1) is 0 Å². The van der Waals surface area contributed by atoms with Crippen molar-refractivity contribution in [2.75, 3.05) is 4.90 Å². The van der Waals surface area contributed by atoms with E-state index in [1.807, 2.05) is 12.1 Å². The number of anilines is 1. The maximum atomic E-state index is 5.38. The number of rotatable bonds is 4. The van der Waals surface area contributed by atoms with E-state index < -0.39 is 0 Å². The van der Waals surface area contributed by atoms with Gasteiger partial charge in [0.2, 0.25) is 5.95 Å². The molecule has 0 radical (unpaired) electrons. The van der Waals surface area contributed by atoms with E-state index in [4.69, 9.17) is 4.42 Å². The summed E-state index contributed by atoms with van der Waals surface area (Å²) in [6.07, 6.45) is 7.67. The van der Waals surface area contributed by atoms with Crippen LogP contribution >= 0.6 is 15.9 Å². The van der Waals surface area contributed by atoms with Crippen molar-refractivity contribution in [3.05, 3.63) is 41.0 Å². The molecule has 2 aromatic rings. The molecule has 0 saturated heterocycles. The van der Waals surface area contributed by atoms with Gasteiger partial charge < -0.3 is 9.32 Å². The summed E-state index contributed by atoms with van der Waals surface area (Å²) in [6.45, 7) is 0.735. The second-order valence-electron chi connectivity index (χ2n) is 4.14. The third-order valence-electron chi connectivity index (χ3n) is 2.76. The Balaban J connectivity index is 1.82. The average Bonchev–Trinajstić information content (AvgIpc) is 3.05. The summed E-state index contributed by atoms with van der Waals surface area (Å²) in [5.74, 6) is 1.72. The Morgan fingerprint density at radius 1 is 1.35 bits per heavy atom. The molecule has 1 saturated carbocycles. The highest BCUT2D eigenvalue weighted by molar-refractivity contribution is 9.10. The normalized spacial score (nSPS) is 14.9. The third kappa shape index (κ3) is 2.49. The summed E-state index contributed by atoms with van der Waals surface area (Å²) in [7, 11) is 0. The predicted octanol–water partition coefficient (Wildman–Crippen LogP) is 3.00. The molecule has 88 valence electrons. The summed E-state index contributed by atoms with van der Waals surface area (Å²) in [4.78, 5) is 10.9. The van der Waals surface area contributed by atoms with Crippen molar-refractivity contribution in [1.82, 2.24) is 9.97 Å². The van der Waals surface area contributed by atoms with Gasteiger partial charge in [0, 0.05) is 18.4 Å². The highest BCUT2D eigenvalue weighted by Crippen LogP contribution is 2.31. The first-order valence-corrected chi connectivity index (χ1v) is 6.39. The van der Waals surface area contributed by atoms with Crippen molar-refractivity contribution >= 4 is 21.9 Å². The van der Waals surface area contributed by atoms with Crippen LogP contribution in [0.15, 0.2) is 39.7 Å². The quantitative estimate of drug-likeness (QED) is 0.869. The molecule has 0 aromatic carbocycles.